The molecule has 0 N–H and O–H groups in total. The molecule has 7 heteroatoms. The van der Waals surface area contributed by atoms with Crippen LogP contribution in [0.2, 0.25) is 0 Å². The van der Waals surface area contributed by atoms with E-state index in [1.54, 1.807) is 10.9 Å². The zero-order chi connectivity index (χ0) is 16.6. The Morgan fingerprint density at radius 3 is 2.83 bits per heavy atom. The lowest BCUT2D eigenvalue weighted by Gasteiger charge is -2.05. The summed E-state index contributed by atoms with van der Waals surface area (Å²) in [6.45, 7) is 11.3. The van der Waals surface area contributed by atoms with Crippen molar-refractivity contribution in [3.05, 3.63) is 47.6 Å². The fourth-order valence-corrected chi connectivity index (χ4v) is 2.42. The number of aromatic nitrogens is 4. The van der Waals surface area contributed by atoms with E-state index in [4.69, 9.17) is 6.57 Å². The van der Waals surface area contributed by atoms with Crippen molar-refractivity contribution < 1.29 is 9.53 Å². The monoisotopic (exact) mass is 309 g/mol. The predicted octanol–water partition coefficient (Wildman–Crippen LogP) is 3.14. The average molecular weight is 309 g/mol. The van der Waals surface area contributed by atoms with Gasteiger partial charge in [0.15, 0.2) is 0 Å². The largest absolute Gasteiger partial charge is 0.465 e. The number of nitrogens with zero attached hydrogens (tertiary/aromatic N) is 5. The summed E-state index contributed by atoms with van der Waals surface area (Å²) >= 11 is 0. The van der Waals surface area contributed by atoms with Gasteiger partial charge in [-0.15, -0.1) is 0 Å². The molecule has 0 spiro atoms. The fourth-order valence-electron chi connectivity index (χ4n) is 2.42. The third-order valence-corrected chi connectivity index (χ3v) is 3.53. The number of esters is 1. The van der Waals surface area contributed by atoms with Gasteiger partial charge in [-0.25, -0.2) is 9.48 Å². The molecule has 3 aromatic rings. The van der Waals surface area contributed by atoms with Crippen LogP contribution in [0.5, 0.6) is 0 Å². The highest BCUT2D eigenvalue weighted by Crippen LogP contribution is 2.29. The van der Waals surface area contributed by atoms with E-state index in [1.807, 2.05) is 36.7 Å². The van der Waals surface area contributed by atoms with Crippen molar-refractivity contribution in [1.29, 1.82) is 0 Å². The van der Waals surface area contributed by atoms with Gasteiger partial charge in [0.25, 0.3) is 0 Å². The summed E-state index contributed by atoms with van der Waals surface area (Å²) in [6, 6.07) is 5.80. The van der Waals surface area contributed by atoms with Gasteiger partial charge in [-0.3, -0.25) is 0 Å². The maximum Gasteiger partial charge on any atom is 0.341 e. The molecular formula is C16H15N5O2. The van der Waals surface area contributed by atoms with E-state index in [0.717, 1.165) is 16.6 Å². The number of carbonyl (C=O) groups is 1. The summed E-state index contributed by atoms with van der Waals surface area (Å²) in [5.41, 5.74) is 2.02. The Morgan fingerprint density at radius 2 is 2.17 bits per heavy atom. The molecule has 0 unspecified atom stereocenters. The van der Waals surface area contributed by atoms with Crippen LogP contribution >= 0.6 is 0 Å². The number of hydrogen-bond acceptors (Lipinski definition) is 4. The topological polar surface area (TPSA) is 66.3 Å². The first-order valence-electron chi connectivity index (χ1n) is 7.08. The van der Waals surface area contributed by atoms with Crippen LogP contribution in [0.25, 0.3) is 21.4 Å². The summed E-state index contributed by atoms with van der Waals surface area (Å²) in [7, 11) is 1.33. The summed E-state index contributed by atoms with van der Waals surface area (Å²) in [4.78, 5) is 15.0. The van der Waals surface area contributed by atoms with E-state index < -0.39 is 5.97 Å². The third kappa shape index (κ3) is 2.44. The molecule has 0 saturated heterocycles. The van der Waals surface area contributed by atoms with Crippen molar-refractivity contribution in [2.45, 2.75) is 19.9 Å². The van der Waals surface area contributed by atoms with E-state index >= 15 is 0 Å². The lowest BCUT2D eigenvalue weighted by Crippen LogP contribution is -2.02. The molecule has 116 valence electrons. The Balaban J connectivity index is 2.12. The first kappa shape index (κ1) is 14.8. The van der Waals surface area contributed by atoms with Crippen LogP contribution in [0.1, 0.15) is 30.2 Å². The number of carbonyl (C=O) groups excluding carboxylic acids is 1. The van der Waals surface area contributed by atoms with Crippen molar-refractivity contribution in [3.63, 3.8) is 0 Å². The van der Waals surface area contributed by atoms with Crippen LogP contribution < -0.4 is 0 Å². The summed E-state index contributed by atoms with van der Waals surface area (Å²) in [5, 5.41) is 9.28. The van der Waals surface area contributed by atoms with Crippen LogP contribution in [0.15, 0.2) is 30.6 Å². The quantitative estimate of drug-likeness (QED) is 0.550. The second-order valence-electron chi connectivity index (χ2n) is 5.34. The Labute approximate surface area is 132 Å². The Bertz CT molecular complexity index is 930. The van der Waals surface area contributed by atoms with Gasteiger partial charge >= 0.3 is 11.8 Å². The Kier molecular flexibility index (Phi) is 3.58. The zero-order valence-corrected chi connectivity index (χ0v) is 13.0. The minimum atomic E-state index is -0.438. The second-order valence-corrected chi connectivity index (χ2v) is 5.34. The first-order valence-corrected chi connectivity index (χ1v) is 7.08. The normalized spacial score (nSPS) is 10.9. The lowest BCUT2D eigenvalue weighted by atomic mass is 10.2. The van der Waals surface area contributed by atoms with Crippen LogP contribution in [-0.4, -0.2) is 32.6 Å². The number of benzene rings is 1. The molecule has 0 atom stereocenters. The number of ether oxygens (including phenoxy) is 1. The fraction of sp³-hybridized carbons (Fsp3) is 0.250. The molecule has 23 heavy (non-hydrogen) atoms. The summed E-state index contributed by atoms with van der Waals surface area (Å²) < 4.78 is 8.08. The minimum Gasteiger partial charge on any atom is -0.465 e. The Hall–Kier alpha value is -3.14. The number of fused-ring (bicyclic) bond motifs is 1. The van der Waals surface area contributed by atoms with Crippen molar-refractivity contribution in [3.8, 4) is 5.69 Å². The maximum absolute atomic E-state index is 11.5. The van der Waals surface area contributed by atoms with E-state index in [-0.39, 0.29) is 6.04 Å². The van der Waals surface area contributed by atoms with E-state index in [9.17, 15) is 4.79 Å². The van der Waals surface area contributed by atoms with Crippen LogP contribution in [-0.2, 0) is 4.74 Å². The molecule has 0 saturated carbocycles. The second kappa shape index (κ2) is 5.57. The highest BCUT2D eigenvalue weighted by Gasteiger charge is 2.16. The molecule has 1 aromatic carbocycles. The number of rotatable bonds is 3. The van der Waals surface area contributed by atoms with Gasteiger partial charge in [0.05, 0.1) is 36.1 Å². The number of methoxy groups -OCH3 is 1. The molecule has 0 aliphatic rings. The Morgan fingerprint density at radius 1 is 1.39 bits per heavy atom. The molecule has 0 amide bonds. The van der Waals surface area contributed by atoms with Crippen molar-refractivity contribution >= 4 is 22.7 Å². The van der Waals surface area contributed by atoms with Crippen molar-refractivity contribution in [2.24, 2.45) is 0 Å². The van der Waals surface area contributed by atoms with Gasteiger partial charge in [-0.2, -0.15) is 9.78 Å². The van der Waals surface area contributed by atoms with Crippen LogP contribution in [0, 0.1) is 6.57 Å². The molecule has 0 aliphatic carbocycles. The molecular weight excluding hydrogens is 294 g/mol. The zero-order valence-electron chi connectivity index (χ0n) is 13.0. The standard InChI is InChI=1S/C16H15N5O2/c1-10(2)21-14-6-5-12(7-13(14)15(17-3)19-21)20-9-11(8-18-20)16(22)23-4/h5-10H,1-2,4H3. The molecule has 0 fully saturated rings. The molecule has 0 bridgehead atoms. The molecule has 0 radical (unpaired) electrons. The SMILES string of the molecule is [C-]#[N+]c1nn(C(C)C)c2ccc(-n3cc(C(=O)OC)cn3)cc12. The summed E-state index contributed by atoms with van der Waals surface area (Å²) in [5.74, 6) is -0.0808. The molecule has 2 aromatic heterocycles. The number of hydrogen-bond donors (Lipinski definition) is 0. The van der Waals surface area contributed by atoms with E-state index in [1.165, 1.54) is 13.3 Å². The first-order chi connectivity index (χ1) is 11.0. The van der Waals surface area contributed by atoms with Gasteiger partial charge < -0.3 is 9.58 Å². The molecule has 3 rings (SSSR count). The highest BCUT2D eigenvalue weighted by atomic mass is 16.5. The molecule has 0 aliphatic heterocycles. The minimum absolute atomic E-state index is 0.162. The van der Waals surface area contributed by atoms with E-state index in [0.29, 0.717) is 11.4 Å². The average Bonchev–Trinajstić information content (AvgIpc) is 3.18. The predicted molar refractivity (Wildman–Crippen MR) is 84.8 cm³/mol. The van der Waals surface area contributed by atoms with Gasteiger partial charge in [0, 0.05) is 11.6 Å². The molecule has 7 nitrogen and oxygen atoms in total. The van der Waals surface area contributed by atoms with Crippen LogP contribution in [0.4, 0.5) is 5.82 Å². The van der Waals surface area contributed by atoms with Crippen LogP contribution in [0.3, 0.4) is 0 Å². The van der Waals surface area contributed by atoms with Gasteiger partial charge in [-0.1, -0.05) is 6.57 Å². The van der Waals surface area contributed by atoms with Gasteiger partial charge in [0.1, 0.15) is 0 Å². The van der Waals surface area contributed by atoms with Crippen molar-refractivity contribution in [2.75, 3.05) is 7.11 Å². The molecule has 2 heterocycles. The third-order valence-electron chi connectivity index (χ3n) is 3.53. The maximum atomic E-state index is 11.5. The lowest BCUT2D eigenvalue weighted by molar-refractivity contribution is 0.0600. The van der Waals surface area contributed by atoms with E-state index in [2.05, 4.69) is 19.8 Å². The van der Waals surface area contributed by atoms with Gasteiger partial charge in [-0.05, 0) is 37.1 Å². The van der Waals surface area contributed by atoms with Gasteiger partial charge in [0.2, 0.25) is 0 Å². The highest BCUT2D eigenvalue weighted by molar-refractivity contribution is 5.92. The smallest absolute Gasteiger partial charge is 0.341 e. The summed E-state index contributed by atoms with van der Waals surface area (Å²) in [6.07, 6.45) is 3.04. The van der Waals surface area contributed by atoms with Crippen molar-refractivity contribution in [1.82, 2.24) is 19.6 Å².